The third-order valence-electron chi connectivity index (χ3n) is 2.59. The van der Waals surface area contributed by atoms with Crippen molar-refractivity contribution in [3.05, 3.63) is 41.2 Å². The minimum absolute atomic E-state index is 0.775. The Labute approximate surface area is 89.5 Å². The van der Waals surface area contributed by atoms with Gasteiger partial charge in [0.25, 0.3) is 0 Å². The molecule has 1 aromatic heterocycles. The number of aromatic nitrogens is 2. The molecule has 0 aliphatic rings. The van der Waals surface area contributed by atoms with Crippen LogP contribution in [0.2, 0.25) is 0 Å². The van der Waals surface area contributed by atoms with Crippen molar-refractivity contribution >= 4 is 5.69 Å². The minimum atomic E-state index is 0.775. The first-order valence-electron chi connectivity index (χ1n) is 4.98. The van der Waals surface area contributed by atoms with Gasteiger partial charge in [0.2, 0.25) is 0 Å². The summed E-state index contributed by atoms with van der Waals surface area (Å²) in [4.78, 5) is 0. The SMILES string of the molecule is Cc1cccc(-n2nc(C)c(N)c2C)c1. The molecule has 2 N–H and O–H groups in total. The zero-order valence-electron chi connectivity index (χ0n) is 9.28. The summed E-state index contributed by atoms with van der Waals surface area (Å²) in [7, 11) is 0. The average Bonchev–Trinajstić information content (AvgIpc) is 2.46. The number of anilines is 1. The summed E-state index contributed by atoms with van der Waals surface area (Å²) in [6, 6.07) is 8.22. The van der Waals surface area contributed by atoms with E-state index in [-0.39, 0.29) is 0 Å². The van der Waals surface area contributed by atoms with Crippen molar-refractivity contribution in [2.45, 2.75) is 20.8 Å². The topological polar surface area (TPSA) is 43.8 Å². The first-order chi connectivity index (χ1) is 7.09. The van der Waals surface area contributed by atoms with Crippen LogP contribution in [-0.2, 0) is 0 Å². The van der Waals surface area contributed by atoms with Gasteiger partial charge in [0.05, 0.1) is 22.8 Å². The zero-order valence-corrected chi connectivity index (χ0v) is 9.28. The van der Waals surface area contributed by atoms with Gasteiger partial charge in [-0.15, -0.1) is 0 Å². The van der Waals surface area contributed by atoms with Crippen LogP contribution in [0.4, 0.5) is 5.69 Å². The molecule has 0 fully saturated rings. The Morgan fingerprint density at radius 2 is 1.93 bits per heavy atom. The van der Waals surface area contributed by atoms with Gasteiger partial charge in [-0.05, 0) is 38.5 Å². The number of rotatable bonds is 1. The molecule has 0 amide bonds. The first-order valence-corrected chi connectivity index (χ1v) is 4.98. The van der Waals surface area contributed by atoms with Crippen molar-refractivity contribution in [1.82, 2.24) is 9.78 Å². The maximum Gasteiger partial charge on any atom is 0.0830 e. The zero-order chi connectivity index (χ0) is 11.0. The number of aryl methyl sites for hydroxylation is 2. The largest absolute Gasteiger partial charge is 0.396 e. The molecule has 2 aromatic rings. The van der Waals surface area contributed by atoms with E-state index in [4.69, 9.17) is 5.73 Å². The molecule has 0 saturated carbocycles. The van der Waals surface area contributed by atoms with Crippen LogP contribution in [-0.4, -0.2) is 9.78 Å². The molecule has 15 heavy (non-hydrogen) atoms. The van der Waals surface area contributed by atoms with Gasteiger partial charge in [-0.1, -0.05) is 12.1 Å². The molecule has 0 saturated heterocycles. The van der Waals surface area contributed by atoms with Gasteiger partial charge in [0, 0.05) is 0 Å². The minimum Gasteiger partial charge on any atom is -0.396 e. The van der Waals surface area contributed by atoms with Crippen LogP contribution in [0, 0.1) is 20.8 Å². The van der Waals surface area contributed by atoms with Crippen molar-refractivity contribution in [2.75, 3.05) is 5.73 Å². The van der Waals surface area contributed by atoms with Gasteiger partial charge in [-0.3, -0.25) is 0 Å². The molecule has 0 unspecified atom stereocenters. The first kappa shape index (κ1) is 9.77. The fourth-order valence-corrected chi connectivity index (χ4v) is 1.67. The quantitative estimate of drug-likeness (QED) is 0.769. The Kier molecular flexibility index (Phi) is 2.23. The molecule has 1 heterocycles. The Morgan fingerprint density at radius 3 is 2.47 bits per heavy atom. The summed E-state index contributed by atoms with van der Waals surface area (Å²) < 4.78 is 1.89. The highest BCUT2D eigenvalue weighted by Gasteiger charge is 2.09. The van der Waals surface area contributed by atoms with Crippen LogP contribution >= 0.6 is 0 Å². The lowest BCUT2D eigenvalue weighted by atomic mass is 10.2. The van der Waals surface area contributed by atoms with Gasteiger partial charge in [-0.25, -0.2) is 4.68 Å². The van der Waals surface area contributed by atoms with Gasteiger partial charge < -0.3 is 5.73 Å². The number of benzene rings is 1. The van der Waals surface area contributed by atoms with Crippen LogP contribution in [0.3, 0.4) is 0 Å². The van der Waals surface area contributed by atoms with Crippen molar-refractivity contribution in [3.63, 3.8) is 0 Å². The number of nitrogen functional groups attached to an aromatic ring is 1. The molecule has 0 aliphatic carbocycles. The van der Waals surface area contributed by atoms with Crippen molar-refractivity contribution in [1.29, 1.82) is 0 Å². The third kappa shape index (κ3) is 1.61. The summed E-state index contributed by atoms with van der Waals surface area (Å²) in [5, 5.41) is 4.41. The molecular formula is C12H15N3. The fraction of sp³-hybridized carbons (Fsp3) is 0.250. The highest BCUT2D eigenvalue weighted by Crippen LogP contribution is 2.19. The summed E-state index contributed by atoms with van der Waals surface area (Å²) in [5.41, 5.74) is 10.8. The maximum absolute atomic E-state index is 5.89. The van der Waals surface area contributed by atoms with Crippen LogP contribution in [0.25, 0.3) is 5.69 Å². The number of nitrogens with zero attached hydrogens (tertiary/aromatic N) is 2. The Bertz CT molecular complexity index is 498. The standard InChI is InChI=1S/C12H15N3/c1-8-5-4-6-11(7-8)15-10(3)12(13)9(2)14-15/h4-7H,13H2,1-3H3. The molecule has 3 heteroatoms. The predicted molar refractivity (Wildman–Crippen MR) is 62.2 cm³/mol. The summed E-state index contributed by atoms with van der Waals surface area (Å²) in [6.45, 7) is 5.98. The second-order valence-corrected chi connectivity index (χ2v) is 3.84. The van der Waals surface area contributed by atoms with E-state index in [0.29, 0.717) is 0 Å². The van der Waals surface area contributed by atoms with E-state index < -0.39 is 0 Å². The second kappa shape index (κ2) is 3.42. The Hall–Kier alpha value is -1.77. The normalized spacial score (nSPS) is 10.6. The van der Waals surface area contributed by atoms with Crippen LogP contribution in [0.1, 0.15) is 17.0 Å². The van der Waals surface area contributed by atoms with E-state index in [1.807, 2.05) is 30.7 Å². The summed E-state index contributed by atoms with van der Waals surface area (Å²) in [5.74, 6) is 0. The van der Waals surface area contributed by atoms with Gasteiger partial charge in [-0.2, -0.15) is 5.10 Å². The van der Waals surface area contributed by atoms with Gasteiger partial charge >= 0.3 is 0 Å². The summed E-state index contributed by atoms with van der Waals surface area (Å²) >= 11 is 0. The number of hydrogen-bond acceptors (Lipinski definition) is 2. The smallest absolute Gasteiger partial charge is 0.0830 e. The molecule has 0 radical (unpaired) electrons. The summed E-state index contributed by atoms with van der Waals surface area (Å²) in [6.07, 6.45) is 0. The maximum atomic E-state index is 5.89. The lowest BCUT2D eigenvalue weighted by Crippen LogP contribution is -1.99. The predicted octanol–water partition coefficient (Wildman–Crippen LogP) is 2.38. The van der Waals surface area contributed by atoms with Gasteiger partial charge in [0.1, 0.15) is 0 Å². The third-order valence-corrected chi connectivity index (χ3v) is 2.59. The van der Waals surface area contributed by atoms with E-state index >= 15 is 0 Å². The monoisotopic (exact) mass is 201 g/mol. The Balaban J connectivity index is 2.59. The van der Waals surface area contributed by atoms with Crippen LogP contribution in [0.15, 0.2) is 24.3 Å². The highest BCUT2D eigenvalue weighted by molar-refractivity contribution is 5.50. The molecule has 0 aliphatic heterocycles. The van der Waals surface area contributed by atoms with E-state index in [9.17, 15) is 0 Å². The molecule has 0 atom stereocenters. The van der Waals surface area contributed by atoms with Crippen molar-refractivity contribution in [2.24, 2.45) is 0 Å². The Morgan fingerprint density at radius 1 is 1.20 bits per heavy atom. The van der Waals surface area contributed by atoms with Crippen molar-refractivity contribution in [3.8, 4) is 5.69 Å². The van der Waals surface area contributed by atoms with E-state index in [1.54, 1.807) is 0 Å². The molecule has 3 nitrogen and oxygen atoms in total. The molecular weight excluding hydrogens is 186 g/mol. The molecule has 0 bridgehead atoms. The number of hydrogen-bond donors (Lipinski definition) is 1. The molecule has 78 valence electrons. The molecule has 2 rings (SSSR count). The average molecular weight is 201 g/mol. The lowest BCUT2D eigenvalue weighted by molar-refractivity contribution is 0.833. The van der Waals surface area contributed by atoms with E-state index in [0.717, 1.165) is 22.8 Å². The molecule has 0 spiro atoms. The lowest BCUT2D eigenvalue weighted by Gasteiger charge is -2.04. The number of nitrogens with two attached hydrogens (primary N) is 1. The van der Waals surface area contributed by atoms with Crippen LogP contribution < -0.4 is 5.73 Å². The van der Waals surface area contributed by atoms with E-state index in [1.165, 1.54) is 5.56 Å². The molecule has 1 aromatic carbocycles. The second-order valence-electron chi connectivity index (χ2n) is 3.84. The highest BCUT2D eigenvalue weighted by atomic mass is 15.3. The van der Waals surface area contributed by atoms with E-state index in [2.05, 4.69) is 24.2 Å². The van der Waals surface area contributed by atoms with Crippen LogP contribution in [0.5, 0.6) is 0 Å². The van der Waals surface area contributed by atoms with Crippen molar-refractivity contribution < 1.29 is 0 Å². The fourth-order valence-electron chi connectivity index (χ4n) is 1.67. The van der Waals surface area contributed by atoms with Gasteiger partial charge in [0.15, 0.2) is 0 Å².